The van der Waals surface area contributed by atoms with Crippen molar-refractivity contribution in [2.75, 3.05) is 12.4 Å². The van der Waals surface area contributed by atoms with Gasteiger partial charge in [0.2, 0.25) is 0 Å². The maximum absolute atomic E-state index is 13.4. The van der Waals surface area contributed by atoms with E-state index in [9.17, 15) is 9.59 Å². The first-order valence-electron chi connectivity index (χ1n) is 10.2. The Morgan fingerprint density at radius 1 is 0.906 bits per heavy atom. The number of ether oxygens (including phenoxy) is 1. The van der Waals surface area contributed by atoms with Gasteiger partial charge >= 0.3 is 0 Å². The van der Waals surface area contributed by atoms with Gasteiger partial charge in [0.05, 0.1) is 24.3 Å². The molecule has 0 unspecified atom stereocenters. The van der Waals surface area contributed by atoms with E-state index in [1.807, 2.05) is 62.4 Å². The van der Waals surface area contributed by atoms with Crippen LogP contribution in [0.5, 0.6) is 5.75 Å². The second-order valence-electron chi connectivity index (χ2n) is 7.71. The summed E-state index contributed by atoms with van der Waals surface area (Å²) in [5.74, 6) is -0.177. The predicted octanol–water partition coefficient (Wildman–Crippen LogP) is 5.36. The summed E-state index contributed by atoms with van der Waals surface area (Å²) in [6, 6.07) is 20.4. The van der Waals surface area contributed by atoms with Crippen LogP contribution in [0.1, 0.15) is 22.3 Å². The molecule has 0 radical (unpaired) electrons. The molecule has 2 amide bonds. The number of nitrogens with one attached hydrogen (secondary N) is 1. The zero-order valence-electron chi connectivity index (χ0n) is 18.1. The van der Waals surface area contributed by atoms with Crippen molar-refractivity contribution in [3.63, 3.8) is 0 Å². The fraction of sp³-hybridized carbons (Fsp3) is 0.154. The van der Waals surface area contributed by atoms with Gasteiger partial charge in [-0.25, -0.2) is 0 Å². The monoisotopic (exact) mass is 446 g/mol. The number of aryl methyl sites for hydroxylation is 2. The SMILES string of the molecule is COc1ccc(NC2=C(c3ccc(C)c(C)c3)C(=O)N(Cc3ccccc3)C2=O)cc1Cl. The van der Waals surface area contributed by atoms with Crippen molar-refractivity contribution in [3.05, 3.63) is 99.7 Å². The quantitative estimate of drug-likeness (QED) is 0.518. The first-order chi connectivity index (χ1) is 15.4. The van der Waals surface area contributed by atoms with E-state index in [-0.39, 0.29) is 24.1 Å². The van der Waals surface area contributed by atoms with E-state index in [4.69, 9.17) is 16.3 Å². The van der Waals surface area contributed by atoms with Crippen LogP contribution in [0.25, 0.3) is 5.57 Å². The highest BCUT2D eigenvalue weighted by molar-refractivity contribution is 6.36. The molecular weight excluding hydrogens is 424 g/mol. The van der Waals surface area contributed by atoms with Crippen molar-refractivity contribution in [3.8, 4) is 5.75 Å². The van der Waals surface area contributed by atoms with Gasteiger partial charge in [-0.3, -0.25) is 14.5 Å². The summed E-state index contributed by atoms with van der Waals surface area (Å²) in [5, 5.41) is 3.55. The average Bonchev–Trinajstić information content (AvgIpc) is 3.01. The Morgan fingerprint density at radius 3 is 2.31 bits per heavy atom. The molecule has 162 valence electrons. The number of halogens is 1. The molecule has 3 aromatic rings. The maximum atomic E-state index is 13.4. The summed E-state index contributed by atoms with van der Waals surface area (Å²) in [6.45, 7) is 4.19. The van der Waals surface area contributed by atoms with E-state index in [1.165, 1.54) is 12.0 Å². The van der Waals surface area contributed by atoms with Gasteiger partial charge in [0.25, 0.3) is 11.8 Å². The zero-order valence-corrected chi connectivity index (χ0v) is 18.9. The highest BCUT2D eigenvalue weighted by Crippen LogP contribution is 2.34. The molecule has 0 fully saturated rings. The molecule has 0 aromatic heterocycles. The maximum Gasteiger partial charge on any atom is 0.278 e. The number of carbonyl (C=O) groups is 2. The smallest absolute Gasteiger partial charge is 0.278 e. The molecule has 3 aromatic carbocycles. The van der Waals surface area contributed by atoms with E-state index in [1.54, 1.807) is 18.2 Å². The second kappa shape index (κ2) is 8.89. The molecule has 0 bridgehead atoms. The van der Waals surface area contributed by atoms with Gasteiger partial charge in [0, 0.05) is 5.69 Å². The lowest BCUT2D eigenvalue weighted by Crippen LogP contribution is -2.32. The van der Waals surface area contributed by atoms with Crippen LogP contribution in [-0.4, -0.2) is 23.8 Å². The van der Waals surface area contributed by atoms with Crippen LogP contribution < -0.4 is 10.1 Å². The number of nitrogens with zero attached hydrogens (tertiary/aromatic N) is 1. The lowest BCUT2D eigenvalue weighted by atomic mass is 9.99. The molecule has 1 aliphatic heterocycles. The number of imide groups is 1. The molecule has 32 heavy (non-hydrogen) atoms. The van der Waals surface area contributed by atoms with Gasteiger partial charge in [0.15, 0.2) is 0 Å². The van der Waals surface area contributed by atoms with Crippen LogP contribution in [0.15, 0.2) is 72.4 Å². The summed E-state index contributed by atoms with van der Waals surface area (Å²) in [4.78, 5) is 28.1. The topological polar surface area (TPSA) is 58.6 Å². The minimum absolute atomic E-state index is 0.196. The Labute approximate surface area is 192 Å². The highest BCUT2D eigenvalue weighted by Gasteiger charge is 2.39. The van der Waals surface area contributed by atoms with Crippen LogP contribution in [0.2, 0.25) is 5.02 Å². The molecule has 0 saturated heterocycles. The van der Waals surface area contributed by atoms with Crippen molar-refractivity contribution < 1.29 is 14.3 Å². The molecule has 6 heteroatoms. The van der Waals surface area contributed by atoms with Gasteiger partial charge in [-0.2, -0.15) is 0 Å². The number of hydrogen-bond donors (Lipinski definition) is 1. The Kier molecular flexibility index (Phi) is 6.01. The molecular formula is C26H23ClN2O3. The van der Waals surface area contributed by atoms with Crippen LogP contribution in [0.3, 0.4) is 0 Å². The summed E-state index contributed by atoms with van der Waals surface area (Å²) in [6.07, 6.45) is 0. The Bertz CT molecular complexity index is 1240. The molecule has 1 aliphatic rings. The summed E-state index contributed by atoms with van der Waals surface area (Å²) in [5.41, 5.74) is 4.91. The van der Waals surface area contributed by atoms with Gasteiger partial charge < -0.3 is 10.1 Å². The third-order valence-electron chi connectivity index (χ3n) is 5.57. The van der Waals surface area contributed by atoms with Crippen LogP contribution in [-0.2, 0) is 16.1 Å². The minimum Gasteiger partial charge on any atom is -0.495 e. The number of amides is 2. The lowest BCUT2D eigenvalue weighted by Gasteiger charge is -2.15. The number of hydrogen-bond acceptors (Lipinski definition) is 4. The number of benzene rings is 3. The third kappa shape index (κ3) is 4.12. The van der Waals surface area contributed by atoms with E-state index in [0.29, 0.717) is 27.6 Å². The minimum atomic E-state index is -0.376. The van der Waals surface area contributed by atoms with Gasteiger partial charge in [0.1, 0.15) is 11.4 Å². The molecule has 4 rings (SSSR count). The van der Waals surface area contributed by atoms with Crippen LogP contribution in [0, 0.1) is 13.8 Å². The molecule has 0 atom stereocenters. The molecule has 5 nitrogen and oxygen atoms in total. The number of anilines is 1. The summed E-state index contributed by atoms with van der Waals surface area (Å²) in [7, 11) is 1.54. The first-order valence-corrected chi connectivity index (χ1v) is 10.6. The largest absolute Gasteiger partial charge is 0.495 e. The van der Waals surface area contributed by atoms with Gasteiger partial charge in [-0.1, -0.05) is 60.1 Å². The second-order valence-corrected chi connectivity index (χ2v) is 8.11. The summed E-state index contributed by atoms with van der Waals surface area (Å²) < 4.78 is 5.21. The number of carbonyl (C=O) groups excluding carboxylic acids is 2. The fourth-order valence-corrected chi connectivity index (χ4v) is 3.91. The number of rotatable bonds is 6. The zero-order chi connectivity index (χ0) is 22.8. The molecule has 0 spiro atoms. The Morgan fingerprint density at radius 2 is 1.66 bits per heavy atom. The molecule has 0 saturated carbocycles. The standard InChI is InChI=1S/C26H23ClN2O3/c1-16-9-10-19(13-17(16)2)23-24(28-20-11-12-22(32-3)21(27)14-20)26(31)29(25(23)30)15-18-7-5-4-6-8-18/h4-14,28H,15H2,1-3H3. The highest BCUT2D eigenvalue weighted by atomic mass is 35.5. The van der Waals surface area contributed by atoms with E-state index >= 15 is 0 Å². The predicted molar refractivity (Wildman–Crippen MR) is 126 cm³/mol. The van der Waals surface area contributed by atoms with Crippen molar-refractivity contribution in [1.82, 2.24) is 4.90 Å². The molecule has 0 aliphatic carbocycles. The van der Waals surface area contributed by atoms with E-state index in [0.717, 1.165) is 16.7 Å². The van der Waals surface area contributed by atoms with Crippen molar-refractivity contribution >= 4 is 34.7 Å². The van der Waals surface area contributed by atoms with Gasteiger partial charge in [-0.05, 0) is 54.3 Å². The third-order valence-corrected chi connectivity index (χ3v) is 5.86. The Hall–Kier alpha value is -3.57. The number of methoxy groups -OCH3 is 1. The molecule has 1 heterocycles. The normalized spacial score (nSPS) is 13.7. The van der Waals surface area contributed by atoms with Crippen LogP contribution in [0.4, 0.5) is 5.69 Å². The molecule has 1 N–H and O–H groups in total. The first kappa shape index (κ1) is 21.7. The van der Waals surface area contributed by atoms with E-state index < -0.39 is 0 Å². The fourth-order valence-electron chi connectivity index (χ4n) is 3.65. The average molecular weight is 447 g/mol. The van der Waals surface area contributed by atoms with Crippen LogP contribution >= 0.6 is 11.6 Å². The summed E-state index contributed by atoms with van der Waals surface area (Å²) >= 11 is 6.26. The lowest BCUT2D eigenvalue weighted by molar-refractivity contribution is -0.137. The Balaban J connectivity index is 1.77. The van der Waals surface area contributed by atoms with Crippen molar-refractivity contribution in [2.24, 2.45) is 0 Å². The van der Waals surface area contributed by atoms with Crippen molar-refractivity contribution in [1.29, 1.82) is 0 Å². The van der Waals surface area contributed by atoms with Gasteiger partial charge in [-0.15, -0.1) is 0 Å². The van der Waals surface area contributed by atoms with Crippen molar-refractivity contribution in [2.45, 2.75) is 20.4 Å². The van der Waals surface area contributed by atoms with E-state index in [2.05, 4.69) is 5.32 Å².